The molecule has 0 aliphatic carbocycles. The molecule has 6 heteroatoms. The van der Waals surface area contributed by atoms with E-state index < -0.39 is 10.8 Å². The highest BCUT2D eigenvalue weighted by Gasteiger charge is 2.15. The van der Waals surface area contributed by atoms with Crippen LogP contribution >= 0.6 is 0 Å². The van der Waals surface area contributed by atoms with Crippen LogP contribution in [-0.2, 0) is 23.8 Å². The van der Waals surface area contributed by atoms with Gasteiger partial charge in [0, 0.05) is 58.4 Å². The molecule has 32 heavy (non-hydrogen) atoms. The third-order valence-electron chi connectivity index (χ3n) is 5.41. The molecule has 4 aromatic rings. The molecule has 0 saturated heterocycles. The highest BCUT2D eigenvalue weighted by atomic mass is 32.2. The van der Waals surface area contributed by atoms with Crippen molar-refractivity contribution in [3.05, 3.63) is 90.5 Å². The van der Waals surface area contributed by atoms with Crippen LogP contribution in [0.4, 0.5) is 0 Å². The molecule has 5 nitrogen and oxygen atoms in total. The molecule has 0 spiro atoms. The number of nitrogens with zero attached hydrogens (tertiary/aromatic N) is 3. The molecular formula is C26H28N4OS. The van der Waals surface area contributed by atoms with Crippen molar-refractivity contribution in [2.24, 2.45) is 0 Å². The van der Waals surface area contributed by atoms with Crippen LogP contribution in [0.3, 0.4) is 0 Å². The summed E-state index contributed by atoms with van der Waals surface area (Å²) in [6, 6.07) is 22.3. The molecule has 1 N–H and O–H groups in total. The van der Waals surface area contributed by atoms with Crippen molar-refractivity contribution < 1.29 is 4.21 Å². The Labute approximate surface area is 192 Å². The summed E-state index contributed by atoms with van der Waals surface area (Å²) in [4.78, 5) is 15.8. The van der Waals surface area contributed by atoms with Gasteiger partial charge in [-0.1, -0.05) is 42.5 Å². The molecule has 0 aliphatic heterocycles. The monoisotopic (exact) mass is 444 g/mol. The standard InChI is InChI=1S/C26H28N4OS/c1-30(19-20-8-4-3-5-9-20)17-7-12-24-28-25(21-13-15-27-16-14-21)26(29-24)22-10-6-11-23(18-22)32(2)31/h3-6,8-11,13-16,18H,7,12,17,19H2,1-2H3,(H,28,29). The van der Waals surface area contributed by atoms with Crippen LogP contribution in [0, 0.1) is 0 Å². The van der Waals surface area contributed by atoms with E-state index in [9.17, 15) is 4.21 Å². The molecule has 0 saturated carbocycles. The SMILES string of the molecule is CN(CCCc1nc(-c2cccc(S(C)=O)c2)c(-c2ccncc2)[nH]1)Cc1ccccc1. The Hall–Kier alpha value is -3.09. The summed E-state index contributed by atoms with van der Waals surface area (Å²) in [5.41, 5.74) is 5.19. The van der Waals surface area contributed by atoms with E-state index in [0.29, 0.717) is 0 Å². The van der Waals surface area contributed by atoms with E-state index in [1.54, 1.807) is 18.6 Å². The maximum atomic E-state index is 12.0. The molecule has 164 valence electrons. The molecule has 4 rings (SSSR count). The smallest absolute Gasteiger partial charge is 0.107 e. The largest absolute Gasteiger partial charge is 0.341 e. The average molecular weight is 445 g/mol. The van der Waals surface area contributed by atoms with E-state index in [2.05, 4.69) is 46.2 Å². The molecule has 2 aromatic heterocycles. The Balaban J connectivity index is 1.52. The summed E-state index contributed by atoms with van der Waals surface area (Å²) in [5, 5.41) is 0. The highest BCUT2D eigenvalue weighted by molar-refractivity contribution is 7.84. The lowest BCUT2D eigenvalue weighted by atomic mass is 10.1. The molecule has 2 aromatic carbocycles. The van der Waals surface area contributed by atoms with Gasteiger partial charge in [0.25, 0.3) is 0 Å². The second-order valence-corrected chi connectivity index (χ2v) is 9.33. The fraction of sp³-hybridized carbons (Fsp3) is 0.231. The molecule has 0 bridgehead atoms. The van der Waals surface area contributed by atoms with Crippen molar-refractivity contribution in [3.8, 4) is 22.5 Å². The Morgan fingerprint density at radius 3 is 2.50 bits per heavy atom. The van der Waals surface area contributed by atoms with Crippen molar-refractivity contribution in [2.45, 2.75) is 24.3 Å². The number of aromatic amines is 1. The van der Waals surface area contributed by atoms with Gasteiger partial charge in [-0.15, -0.1) is 0 Å². The summed E-state index contributed by atoms with van der Waals surface area (Å²) in [7, 11) is 1.11. The normalized spacial score (nSPS) is 12.2. The van der Waals surface area contributed by atoms with Crippen molar-refractivity contribution in [3.63, 3.8) is 0 Å². The number of H-pyrrole nitrogens is 1. The van der Waals surface area contributed by atoms with E-state index in [1.165, 1.54) is 5.56 Å². The molecule has 0 amide bonds. The lowest BCUT2D eigenvalue weighted by Crippen LogP contribution is -2.19. The van der Waals surface area contributed by atoms with Gasteiger partial charge in [-0.2, -0.15) is 0 Å². The first kappa shape index (κ1) is 22.1. The van der Waals surface area contributed by atoms with Crippen molar-refractivity contribution >= 4 is 10.8 Å². The summed E-state index contributed by atoms with van der Waals surface area (Å²) in [6.45, 7) is 1.92. The van der Waals surface area contributed by atoms with Gasteiger partial charge >= 0.3 is 0 Å². The summed E-state index contributed by atoms with van der Waals surface area (Å²) in [6.07, 6.45) is 7.14. The topological polar surface area (TPSA) is 61.9 Å². The first-order chi connectivity index (χ1) is 15.6. The van der Waals surface area contributed by atoms with Gasteiger partial charge in [0.2, 0.25) is 0 Å². The molecule has 1 unspecified atom stereocenters. The minimum Gasteiger partial charge on any atom is -0.341 e. The molecule has 0 radical (unpaired) electrons. The van der Waals surface area contributed by atoms with Crippen LogP contribution in [0.5, 0.6) is 0 Å². The lowest BCUT2D eigenvalue weighted by molar-refractivity contribution is 0.321. The minimum atomic E-state index is -1.04. The Morgan fingerprint density at radius 1 is 0.969 bits per heavy atom. The van der Waals surface area contributed by atoms with Crippen molar-refractivity contribution in [1.29, 1.82) is 0 Å². The summed E-state index contributed by atoms with van der Waals surface area (Å²) in [5.74, 6) is 0.961. The van der Waals surface area contributed by atoms with E-state index in [1.807, 2.05) is 42.5 Å². The van der Waals surface area contributed by atoms with Crippen molar-refractivity contribution in [1.82, 2.24) is 19.9 Å². The number of hydrogen-bond acceptors (Lipinski definition) is 4. The second-order valence-electron chi connectivity index (χ2n) is 7.95. The van der Waals surface area contributed by atoms with E-state index in [0.717, 1.165) is 59.2 Å². The molecular weight excluding hydrogens is 416 g/mol. The number of imidazole rings is 1. The molecule has 1 atom stereocenters. The van der Waals surface area contributed by atoms with Crippen LogP contribution in [0.2, 0.25) is 0 Å². The van der Waals surface area contributed by atoms with Crippen LogP contribution < -0.4 is 0 Å². The number of aromatic nitrogens is 3. The van der Waals surface area contributed by atoms with E-state index >= 15 is 0 Å². The fourth-order valence-corrected chi connectivity index (χ4v) is 4.35. The van der Waals surface area contributed by atoms with Gasteiger partial charge in [-0.05, 0) is 49.8 Å². The highest BCUT2D eigenvalue weighted by Crippen LogP contribution is 2.31. The fourth-order valence-electron chi connectivity index (χ4n) is 3.79. The predicted molar refractivity (Wildman–Crippen MR) is 131 cm³/mol. The Bertz CT molecular complexity index is 1170. The maximum absolute atomic E-state index is 12.0. The second kappa shape index (κ2) is 10.5. The zero-order chi connectivity index (χ0) is 22.3. The quantitative estimate of drug-likeness (QED) is 0.397. The average Bonchev–Trinajstić information content (AvgIpc) is 3.24. The molecule has 0 fully saturated rings. The zero-order valence-electron chi connectivity index (χ0n) is 18.5. The molecule has 0 aliphatic rings. The third-order valence-corrected chi connectivity index (χ3v) is 6.33. The van der Waals surface area contributed by atoms with Crippen LogP contribution in [0.1, 0.15) is 17.8 Å². The van der Waals surface area contributed by atoms with Gasteiger partial charge < -0.3 is 9.88 Å². The van der Waals surface area contributed by atoms with Gasteiger partial charge in [-0.25, -0.2) is 4.98 Å². The number of benzene rings is 2. The first-order valence-electron chi connectivity index (χ1n) is 10.8. The lowest BCUT2D eigenvalue weighted by Gasteiger charge is -2.16. The van der Waals surface area contributed by atoms with Crippen LogP contribution in [0.25, 0.3) is 22.5 Å². The number of hydrogen-bond donors (Lipinski definition) is 1. The van der Waals surface area contributed by atoms with Crippen LogP contribution in [0.15, 0.2) is 84.0 Å². The number of pyridine rings is 1. The number of aryl methyl sites for hydroxylation is 1. The minimum absolute atomic E-state index is 0.801. The number of rotatable bonds is 9. The van der Waals surface area contributed by atoms with Crippen molar-refractivity contribution in [2.75, 3.05) is 19.8 Å². The van der Waals surface area contributed by atoms with Gasteiger partial charge in [0.15, 0.2) is 0 Å². The third kappa shape index (κ3) is 5.58. The summed E-state index contributed by atoms with van der Waals surface area (Å²) < 4.78 is 12.0. The van der Waals surface area contributed by atoms with Crippen LogP contribution in [-0.4, -0.2) is 43.9 Å². The maximum Gasteiger partial charge on any atom is 0.107 e. The summed E-state index contributed by atoms with van der Waals surface area (Å²) >= 11 is 0. The molecule has 2 heterocycles. The first-order valence-corrected chi connectivity index (χ1v) is 12.3. The zero-order valence-corrected chi connectivity index (χ0v) is 19.3. The Morgan fingerprint density at radius 2 is 1.75 bits per heavy atom. The van der Waals surface area contributed by atoms with Gasteiger partial charge in [0.05, 0.1) is 11.4 Å². The van der Waals surface area contributed by atoms with Gasteiger partial charge in [0.1, 0.15) is 5.82 Å². The van der Waals surface area contributed by atoms with Gasteiger partial charge in [-0.3, -0.25) is 9.19 Å². The van der Waals surface area contributed by atoms with E-state index in [4.69, 9.17) is 4.98 Å². The Kier molecular flexibility index (Phi) is 7.24. The number of nitrogens with one attached hydrogen (secondary N) is 1. The predicted octanol–water partition coefficient (Wildman–Crippen LogP) is 4.94. The van der Waals surface area contributed by atoms with E-state index in [-0.39, 0.29) is 0 Å².